The van der Waals surface area contributed by atoms with Crippen LogP contribution in [-0.4, -0.2) is 11.2 Å². The van der Waals surface area contributed by atoms with Crippen LogP contribution in [0.15, 0.2) is 12.2 Å². The van der Waals surface area contributed by atoms with Crippen molar-refractivity contribution < 1.29 is 5.11 Å². The van der Waals surface area contributed by atoms with E-state index in [0.717, 1.165) is 12.8 Å². The molecular weight excluding hydrogens is 124 g/mol. The van der Waals surface area contributed by atoms with Crippen LogP contribution in [-0.2, 0) is 0 Å². The SMILES string of the molecule is CC/C=C/C(CC)C(C)O. The average molecular weight is 142 g/mol. The molecule has 0 aromatic rings. The van der Waals surface area contributed by atoms with E-state index >= 15 is 0 Å². The average Bonchev–Trinajstić information content (AvgIpc) is 1.89. The molecule has 2 atom stereocenters. The summed E-state index contributed by atoms with van der Waals surface area (Å²) in [5.74, 6) is 0.347. The molecule has 0 bridgehead atoms. The topological polar surface area (TPSA) is 20.2 Å². The minimum Gasteiger partial charge on any atom is -0.393 e. The first-order chi connectivity index (χ1) is 4.72. The highest BCUT2D eigenvalue weighted by Crippen LogP contribution is 2.09. The van der Waals surface area contributed by atoms with Crippen LogP contribution >= 0.6 is 0 Å². The number of hydrogen-bond donors (Lipinski definition) is 1. The van der Waals surface area contributed by atoms with Crippen molar-refractivity contribution in [2.24, 2.45) is 5.92 Å². The molecule has 1 N–H and O–H groups in total. The molecule has 0 fully saturated rings. The van der Waals surface area contributed by atoms with E-state index in [0.29, 0.717) is 5.92 Å². The van der Waals surface area contributed by atoms with Gasteiger partial charge in [0.25, 0.3) is 0 Å². The number of hydrogen-bond acceptors (Lipinski definition) is 1. The number of allylic oxidation sites excluding steroid dienone is 1. The highest BCUT2D eigenvalue weighted by molar-refractivity contribution is 4.89. The molecule has 1 heteroatoms. The first kappa shape index (κ1) is 9.70. The summed E-state index contributed by atoms with van der Waals surface area (Å²) in [7, 11) is 0. The van der Waals surface area contributed by atoms with Crippen molar-refractivity contribution in [3.05, 3.63) is 12.2 Å². The van der Waals surface area contributed by atoms with Gasteiger partial charge in [-0.2, -0.15) is 0 Å². The first-order valence-corrected chi connectivity index (χ1v) is 4.07. The predicted octanol–water partition coefficient (Wildman–Crippen LogP) is 2.36. The Hall–Kier alpha value is -0.300. The lowest BCUT2D eigenvalue weighted by atomic mass is 10.0. The molecule has 1 nitrogen and oxygen atoms in total. The number of aliphatic hydroxyl groups is 1. The summed E-state index contributed by atoms with van der Waals surface area (Å²) in [5, 5.41) is 9.19. The van der Waals surface area contributed by atoms with Crippen LogP contribution in [0.4, 0.5) is 0 Å². The standard InChI is InChI=1S/C9H18O/c1-4-6-7-9(5-2)8(3)10/h6-10H,4-5H2,1-3H3/b7-6+. The second kappa shape index (κ2) is 5.48. The number of rotatable bonds is 4. The quantitative estimate of drug-likeness (QED) is 0.597. The monoisotopic (exact) mass is 142 g/mol. The zero-order chi connectivity index (χ0) is 7.98. The zero-order valence-corrected chi connectivity index (χ0v) is 7.17. The van der Waals surface area contributed by atoms with Gasteiger partial charge in [0.1, 0.15) is 0 Å². The van der Waals surface area contributed by atoms with Crippen molar-refractivity contribution in [2.45, 2.75) is 39.7 Å². The molecule has 60 valence electrons. The Morgan fingerprint density at radius 2 is 2.00 bits per heavy atom. The Balaban J connectivity index is 3.71. The second-order valence-electron chi connectivity index (χ2n) is 2.65. The van der Waals surface area contributed by atoms with Gasteiger partial charge in [-0.05, 0) is 19.8 Å². The maximum Gasteiger partial charge on any atom is 0.0574 e. The van der Waals surface area contributed by atoms with Crippen molar-refractivity contribution in [3.63, 3.8) is 0 Å². The van der Waals surface area contributed by atoms with Crippen molar-refractivity contribution >= 4 is 0 Å². The molecule has 0 heterocycles. The van der Waals surface area contributed by atoms with E-state index in [2.05, 4.69) is 26.0 Å². The molecule has 0 aromatic carbocycles. The third-order valence-electron chi connectivity index (χ3n) is 1.71. The minimum absolute atomic E-state index is 0.201. The molecule has 10 heavy (non-hydrogen) atoms. The number of aliphatic hydroxyl groups excluding tert-OH is 1. The fourth-order valence-corrected chi connectivity index (χ4v) is 0.949. The maximum absolute atomic E-state index is 9.19. The Labute approximate surface area is 63.8 Å². The Morgan fingerprint density at radius 1 is 1.40 bits per heavy atom. The summed E-state index contributed by atoms with van der Waals surface area (Å²) in [4.78, 5) is 0. The Bertz CT molecular complexity index is 94.9. The molecule has 0 saturated carbocycles. The molecule has 0 aliphatic heterocycles. The fraction of sp³-hybridized carbons (Fsp3) is 0.778. The van der Waals surface area contributed by atoms with E-state index in [1.54, 1.807) is 0 Å². The lowest BCUT2D eigenvalue weighted by Gasteiger charge is -2.12. The molecular formula is C9H18O. The van der Waals surface area contributed by atoms with Crippen LogP contribution in [0.5, 0.6) is 0 Å². The molecule has 0 aromatic heterocycles. The molecule has 0 spiro atoms. The van der Waals surface area contributed by atoms with Crippen LogP contribution in [0.2, 0.25) is 0 Å². The minimum atomic E-state index is -0.201. The van der Waals surface area contributed by atoms with Gasteiger partial charge in [-0.3, -0.25) is 0 Å². The lowest BCUT2D eigenvalue weighted by molar-refractivity contribution is 0.147. The molecule has 2 unspecified atom stereocenters. The highest BCUT2D eigenvalue weighted by atomic mass is 16.3. The van der Waals surface area contributed by atoms with Gasteiger partial charge in [0.2, 0.25) is 0 Å². The van der Waals surface area contributed by atoms with Gasteiger partial charge in [0, 0.05) is 5.92 Å². The van der Waals surface area contributed by atoms with Crippen LogP contribution in [0.25, 0.3) is 0 Å². The van der Waals surface area contributed by atoms with Gasteiger partial charge >= 0.3 is 0 Å². The van der Waals surface area contributed by atoms with Gasteiger partial charge in [-0.25, -0.2) is 0 Å². The van der Waals surface area contributed by atoms with Gasteiger partial charge in [-0.15, -0.1) is 0 Å². The van der Waals surface area contributed by atoms with Gasteiger partial charge < -0.3 is 5.11 Å². The molecule has 0 rings (SSSR count). The maximum atomic E-state index is 9.19. The van der Waals surface area contributed by atoms with Crippen LogP contribution in [0.1, 0.15) is 33.6 Å². The Kier molecular flexibility index (Phi) is 5.32. The Morgan fingerprint density at radius 3 is 2.30 bits per heavy atom. The third-order valence-corrected chi connectivity index (χ3v) is 1.71. The summed E-state index contributed by atoms with van der Waals surface area (Å²) in [6, 6.07) is 0. The van der Waals surface area contributed by atoms with Gasteiger partial charge in [0.15, 0.2) is 0 Å². The van der Waals surface area contributed by atoms with E-state index in [-0.39, 0.29) is 6.10 Å². The zero-order valence-electron chi connectivity index (χ0n) is 7.17. The third kappa shape index (κ3) is 3.67. The molecule has 0 aliphatic carbocycles. The van der Waals surface area contributed by atoms with E-state index in [1.807, 2.05) is 6.92 Å². The van der Waals surface area contributed by atoms with E-state index < -0.39 is 0 Å². The lowest BCUT2D eigenvalue weighted by Crippen LogP contribution is -2.12. The largest absolute Gasteiger partial charge is 0.393 e. The van der Waals surface area contributed by atoms with Crippen LogP contribution in [0.3, 0.4) is 0 Å². The van der Waals surface area contributed by atoms with Crippen LogP contribution in [0, 0.1) is 5.92 Å². The smallest absolute Gasteiger partial charge is 0.0574 e. The summed E-state index contributed by atoms with van der Waals surface area (Å²) in [5.41, 5.74) is 0. The van der Waals surface area contributed by atoms with Gasteiger partial charge in [0.05, 0.1) is 6.10 Å². The fourth-order valence-electron chi connectivity index (χ4n) is 0.949. The summed E-state index contributed by atoms with van der Waals surface area (Å²) in [6.07, 6.45) is 6.09. The van der Waals surface area contributed by atoms with Crippen molar-refractivity contribution in [2.75, 3.05) is 0 Å². The summed E-state index contributed by atoms with van der Waals surface area (Å²) in [6.45, 7) is 6.04. The molecule has 0 saturated heterocycles. The van der Waals surface area contributed by atoms with Gasteiger partial charge in [-0.1, -0.05) is 26.0 Å². The molecule has 0 aliphatic rings. The highest BCUT2D eigenvalue weighted by Gasteiger charge is 2.06. The van der Waals surface area contributed by atoms with Crippen molar-refractivity contribution in [3.8, 4) is 0 Å². The molecule has 0 radical (unpaired) electrons. The van der Waals surface area contributed by atoms with Crippen molar-refractivity contribution in [1.29, 1.82) is 0 Å². The summed E-state index contributed by atoms with van der Waals surface area (Å²) >= 11 is 0. The second-order valence-corrected chi connectivity index (χ2v) is 2.65. The van der Waals surface area contributed by atoms with E-state index in [9.17, 15) is 5.11 Å². The predicted molar refractivity (Wildman–Crippen MR) is 44.9 cm³/mol. The molecule has 0 amide bonds. The van der Waals surface area contributed by atoms with E-state index in [1.165, 1.54) is 0 Å². The van der Waals surface area contributed by atoms with Crippen LogP contribution < -0.4 is 0 Å². The van der Waals surface area contributed by atoms with E-state index in [4.69, 9.17) is 0 Å². The normalized spacial score (nSPS) is 17.6. The first-order valence-electron chi connectivity index (χ1n) is 4.07. The summed E-state index contributed by atoms with van der Waals surface area (Å²) < 4.78 is 0. The van der Waals surface area contributed by atoms with Crippen molar-refractivity contribution in [1.82, 2.24) is 0 Å².